The number of halogens is 1. The summed E-state index contributed by atoms with van der Waals surface area (Å²) in [6, 6.07) is 14.9. The van der Waals surface area contributed by atoms with Crippen LogP contribution in [0.25, 0.3) is 6.08 Å². The predicted octanol–water partition coefficient (Wildman–Crippen LogP) is 3.68. The summed E-state index contributed by atoms with van der Waals surface area (Å²) < 4.78 is 0. The number of amides is 1. The molecule has 4 nitrogen and oxygen atoms in total. The van der Waals surface area contributed by atoms with Gasteiger partial charge in [0.2, 0.25) is 0 Å². The number of anilines is 1. The van der Waals surface area contributed by atoms with E-state index >= 15 is 0 Å². The van der Waals surface area contributed by atoms with Crippen molar-refractivity contribution in [2.24, 2.45) is 0 Å². The molecule has 0 aliphatic heterocycles. The second-order valence-electron chi connectivity index (χ2n) is 4.82. The average molecular weight is 346 g/mol. The molecule has 2 aromatic rings. The lowest BCUT2D eigenvalue weighted by atomic mass is 10.1. The highest BCUT2D eigenvalue weighted by Gasteiger charge is 1.99. The van der Waals surface area contributed by atoms with E-state index in [0.717, 1.165) is 16.8 Å². The lowest BCUT2D eigenvalue weighted by Crippen LogP contribution is -2.43. The minimum absolute atomic E-state index is 0.282. The molecule has 2 rings (SSSR count). The van der Waals surface area contributed by atoms with Crippen LogP contribution < -0.4 is 16.2 Å². The molecule has 0 radical (unpaired) electrons. The van der Waals surface area contributed by atoms with Gasteiger partial charge in [-0.05, 0) is 55.0 Å². The van der Waals surface area contributed by atoms with Crippen LogP contribution in [0.4, 0.5) is 5.69 Å². The van der Waals surface area contributed by atoms with Gasteiger partial charge in [0.25, 0.3) is 5.91 Å². The number of carbonyl (C=O) groups excluding carboxylic acids is 1. The number of aryl methyl sites for hydroxylation is 1. The zero-order valence-electron chi connectivity index (χ0n) is 12.5. The Bertz CT molecular complexity index is 729. The SMILES string of the molecule is Cc1cccc(/C=C/C(=O)NNC(=S)Nc2ccc(Cl)cc2)c1. The monoisotopic (exact) mass is 345 g/mol. The van der Waals surface area contributed by atoms with Crippen LogP contribution >= 0.6 is 23.8 Å². The molecule has 0 aliphatic rings. The molecule has 0 bridgehead atoms. The molecule has 23 heavy (non-hydrogen) atoms. The molecule has 2 aromatic carbocycles. The van der Waals surface area contributed by atoms with Gasteiger partial charge < -0.3 is 5.32 Å². The number of benzene rings is 2. The Kier molecular flexibility index (Phi) is 6.14. The first-order chi connectivity index (χ1) is 11.0. The van der Waals surface area contributed by atoms with Gasteiger partial charge in [-0.15, -0.1) is 0 Å². The minimum atomic E-state index is -0.299. The van der Waals surface area contributed by atoms with E-state index < -0.39 is 0 Å². The number of hydrogen-bond donors (Lipinski definition) is 3. The summed E-state index contributed by atoms with van der Waals surface area (Å²) >= 11 is 10.9. The summed E-state index contributed by atoms with van der Waals surface area (Å²) in [5.74, 6) is -0.299. The Hall–Kier alpha value is -2.37. The van der Waals surface area contributed by atoms with Crippen LogP contribution in [-0.2, 0) is 4.79 Å². The zero-order valence-corrected chi connectivity index (χ0v) is 14.0. The highest BCUT2D eigenvalue weighted by Crippen LogP contribution is 2.13. The second kappa shape index (κ2) is 8.31. The van der Waals surface area contributed by atoms with Crippen LogP contribution in [0.15, 0.2) is 54.6 Å². The highest BCUT2D eigenvalue weighted by atomic mass is 35.5. The summed E-state index contributed by atoms with van der Waals surface area (Å²) in [6.07, 6.45) is 3.17. The first kappa shape index (κ1) is 17.0. The number of thiocarbonyl (C=S) groups is 1. The van der Waals surface area contributed by atoms with Crippen LogP contribution in [0.2, 0.25) is 5.02 Å². The quantitative estimate of drug-likeness (QED) is 0.451. The number of hydrogen-bond acceptors (Lipinski definition) is 2. The molecule has 1 amide bonds. The third-order valence-corrected chi connectivity index (χ3v) is 3.33. The maximum Gasteiger partial charge on any atom is 0.262 e. The number of hydrazine groups is 1. The van der Waals surface area contributed by atoms with Gasteiger partial charge in [-0.3, -0.25) is 15.6 Å². The molecule has 0 spiro atoms. The molecule has 6 heteroatoms. The predicted molar refractivity (Wildman–Crippen MR) is 99.2 cm³/mol. The Morgan fingerprint density at radius 2 is 1.87 bits per heavy atom. The smallest absolute Gasteiger partial charge is 0.262 e. The normalized spacial score (nSPS) is 10.3. The fourth-order valence-electron chi connectivity index (χ4n) is 1.80. The first-order valence-corrected chi connectivity index (χ1v) is 7.69. The van der Waals surface area contributed by atoms with Gasteiger partial charge in [0.15, 0.2) is 5.11 Å². The van der Waals surface area contributed by atoms with E-state index in [4.69, 9.17) is 23.8 Å². The van der Waals surface area contributed by atoms with Gasteiger partial charge >= 0.3 is 0 Å². The minimum Gasteiger partial charge on any atom is -0.331 e. The summed E-state index contributed by atoms with van der Waals surface area (Å²) in [6.45, 7) is 2.00. The van der Waals surface area contributed by atoms with Crippen LogP contribution in [0.5, 0.6) is 0 Å². The van der Waals surface area contributed by atoms with Gasteiger partial charge in [-0.2, -0.15) is 0 Å². The van der Waals surface area contributed by atoms with E-state index in [0.29, 0.717) is 5.02 Å². The van der Waals surface area contributed by atoms with Gasteiger partial charge in [0.1, 0.15) is 0 Å². The molecule has 0 aliphatic carbocycles. The van der Waals surface area contributed by atoms with Crippen LogP contribution in [0, 0.1) is 6.92 Å². The van der Waals surface area contributed by atoms with Crippen molar-refractivity contribution in [1.29, 1.82) is 0 Å². The lowest BCUT2D eigenvalue weighted by molar-refractivity contribution is -0.116. The van der Waals surface area contributed by atoms with E-state index in [-0.39, 0.29) is 11.0 Å². The van der Waals surface area contributed by atoms with Crippen molar-refractivity contribution in [1.82, 2.24) is 10.9 Å². The number of nitrogens with one attached hydrogen (secondary N) is 3. The van der Waals surface area contributed by atoms with Crippen molar-refractivity contribution in [2.75, 3.05) is 5.32 Å². The topological polar surface area (TPSA) is 53.2 Å². The summed E-state index contributed by atoms with van der Waals surface area (Å²) in [5.41, 5.74) is 8.00. The third-order valence-electron chi connectivity index (χ3n) is 2.87. The summed E-state index contributed by atoms with van der Waals surface area (Å²) in [4.78, 5) is 11.7. The van der Waals surface area contributed by atoms with Gasteiger partial charge in [0, 0.05) is 16.8 Å². The largest absolute Gasteiger partial charge is 0.331 e. The average Bonchev–Trinajstić information content (AvgIpc) is 2.53. The standard InChI is InChI=1S/C17H16ClN3OS/c1-12-3-2-4-13(11-12)5-10-16(22)20-21-17(23)19-15-8-6-14(18)7-9-15/h2-11H,1H3,(H,20,22)(H2,19,21,23)/b10-5+. The maximum atomic E-state index is 11.7. The van der Waals surface area contributed by atoms with Crippen LogP contribution in [0.1, 0.15) is 11.1 Å². The number of rotatable bonds is 3. The Labute approximate surface area is 145 Å². The molecule has 0 saturated heterocycles. The molecular formula is C17H16ClN3OS. The van der Waals surface area contributed by atoms with Crippen molar-refractivity contribution >= 4 is 46.6 Å². The first-order valence-electron chi connectivity index (χ1n) is 6.90. The molecule has 118 valence electrons. The van der Waals surface area contributed by atoms with E-state index in [1.54, 1.807) is 30.3 Å². The van der Waals surface area contributed by atoms with E-state index in [9.17, 15) is 4.79 Å². The molecule has 0 aromatic heterocycles. The third kappa shape index (κ3) is 6.10. The fraction of sp³-hybridized carbons (Fsp3) is 0.0588. The molecule has 3 N–H and O–H groups in total. The van der Waals surface area contributed by atoms with Crippen molar-refractivity contribution in [3.63, 3.8) is 0 Å². The molecule has 0 heterocycles. The van der Waals surface area contributed by atoms with Crippen LogP contribution in [-0.4, -0.2) is 11.0 Å². The van der Waals surface area contributed by atoms with Crippen molar-refractivity contribution in [3.8, 4) is 0 Å². The lowest BCUT2D eigenvalue weighted by Gasteiger charge is -2.10. The summed E-state index contributed by atoms with van der Waals surface area (Å²) in [7, 11) is 0. The van der Waals surface area contributed by atoms with Gasteiger partial charge in [-0.1, -0.05) is 41.4 Å². The van der Waals surface area contributed by atoms with E-state index in [2.05, 4.69) is 16.2 Å². The fourth-order valence-corrected chi connectivity index (χ4v) is 2.10. The van der Waals surface area contributed by atoms with Crippen molar-refractivity contribution in [2.45, 2.75) is 6.92 Å². The van der Waals surface area contributed by atoms with Gasteiger partial charge in [0.05, 0.1) is 0 Å². The summed E-state index contributed by atoms with van der Waals surface area (Å²) in [5, 5.41) is 3.85. The molecule has 0 saturated carbocycles. The van der Waals surface area contributed by atoms with E-state index in [1.807, 2.05) is 31.2 Å². The van der Waals surface area contributed by atoms with Crippen molar-refractivity contribution in [3.05, 3.63) is 70.8 Å². The Morgan fingerprint density at radius 1 is 1.13 bits per heavy atom. The van der Waals surface area contributed by atoms with Crippen molar-refractivity contribution < 1.29 is 4.79 Å². The highest BCUT2D eigenvalue weighted by molar-refractivity contribution is 7.80. The molecule has 0 unspecified atom stereocenters. The number of carbonyl (C=O) groups is 1. The second-order valence-corrected chi connectivity index (χ2v) is 5.67. The van der Waals surface area contributed by atoms with Crippen LogP contribution in [0.3, 0.4) is 0 Å². The molecule has 0 fully saturated rings. The molecular weight excluding hydrogens is 330 g/mol. The zero-order chi connectivity index (χ0) is 16.7. The van der Waals surface area contributed by atoms with E-state index in [1.165, 1.54) is 6.08 Å². The Balaban J connectivity index is 1.79. The maximum absolute atomic E-state index is 11.7. The van der Waals surface area contributed by atoms with Gasteiger partial charge in [-0.25, -0.2) is 0 Å². The molecule has 0 atom stereocenters. The Morgan fingerprint density at radius 3 is 2.57 bits per heavy atom.